The second-order valence-corrected chi connectivity index (χ2v) is 8.18. The minimum atomic E-state index is -0.714. The number of carbonyl (C=O) groups excluding carboxylic acids is 1. The van der Waals surface area contributed by atoms with E-state index < -0.39 is 5.41 Å². The predicted octanol–water partition coefficient (Wildman–Crippen LogP) is 4.88. The van der Waals surface area contributed by atoms with Crippen molar-refractivity contribution in [2.24, 2.45) is 0 Å². The number of imidazole rings is 1. The Morgan fingerprint density at radius 3 is 2.53 bits per heavy atom. The number of hydrogen-bond acceptors (Lipinski definition) is 4. The van der Waals surface area contributed by atoms with Crippen molar-refractivity contribution >= 4 is 11.4 Å². The molecule has 0 amide bonds. The number of ketones is 1. The number of nitrogens with zero attached hydrogens (tertiary/aromatic N) is 2. The van der Waals surface area contributed by atoms with E-state index >= 15 is 0 Å². The lowest BCUT2D eigenvalue weighted by Crippen LogP contribution is -2.30. The van der Waals surface area contributed by atoms with E-state index in [4.69, 9.17) is 4.74 Å². The third-order valence-corrected chi connectivity index (χ3v) is 5.76. The molecule has 32 heavy (non-hydrogen) atoms. The third kappa shape index (κ3) is 4.14. The number of fused-ring (bicyclic) bond motifs is 1. The number of hydrogen-bond donors (Lipinski definition) is 1. The van der Waals surface area contributed by atoms with Gasteiger partial charge in [0.1, 0.15) is 18.1 Å². The van der Waals surface area contributed by atoms with Crippen molar-refractivity contribution in [2.45, 2.75) is 32.3 Å². The summed E-state index contributed by atoms with van der Waals surface area (Å²) in [5, 5.41) is 10.1. The quantitative estimate of drug-likeness (QED) is 0.403. The largest absolute Gasteiger partial charge is 0.485 e. The Balaban J connectivity index is 1.64. The van der Waals surface area contributed by atoms with E-state index in [2.05, 4.69) is 4.98 Å². The first-order valence-electron chi connectivity index (χ1n) is 10.5. The second kappa shape index (κ2) is 8.93. The van der Waals surface area contributed by atoms with Crippen molar-refractivity contribution in [3.8, 4) is 5.75 Å². The molecule has 0 fully saturated rings. The summed E-state index contributed by atoms with van der Waals surface area (Å²) in [5.74, 6) is 0.00609. The zero-order valence-corrected chi connectivity index (χ0v) is 18.1. The Bertz CT molecular complexity index is 1250. The Morgan fingerprint density at radius 2 is 1.81 bits per heavy atom. The van der Waals surface area contributed by atoms with Crippen LogP contribution in [-0.4, -0.2) is 26.9 Å². The summed E-state index contributed by atoms with van der Waals surface area (Å²) in [6.45, 7) is 3.55. The summed E-state index contributed by atoms with van der Waals surface area (Å²) >= 11 is 0. The summed E-state index contributed by atoms with van der Waals surface area (Å²) in [5.41, 5.74) is 2.15. The first kappa shape index (κ1) is 21.7. The molecular formula is C26H25FN2O3. The van der Waals surface area contributed by atoms with Crippen molar-refractivity contribution in [1.29, 1.82) is 0 Å². The van der Waals surface area contributed by atoms with Gasteiger partial charge in [0.05, 0.1) is 12.3 Å². The third-order valence-electron chi connectivity index (χ3n) is 5.76. The number of ether oxygens (including phenoxy) is 1. The molecule has 2 heterocycles. The van der Waals surface area contributed by atoms with E-state index in [1.807, 2.05) is 37.3 Å². The highest BCUT2D eigenvalue weighted by atomic mass is 19.1. The lowest BCUT2D eigenvalue weighted by molar-refractivity contribution is 0.0912. The van der Waals surface area contributed by atoms with Crippen molar-refractivity contribution in [3.05, 3.63) is 101 Å². The molecule has 4 rings (SSSR count). The van der Waals surface area contributed by atoms with E-state index in [9.17, 15) is 14.3 Å². The van der Waals surface area contributed by atoms with E-state index in [0.717, 1.165) is 5.56 Å². The maximum atomic E-state index is 13.9. The van der Waals surface area contributed by atoms with Gasteiger partial charge in [0, 0.05) is 23.6 Å². The number of aromatic nitrogens is 2. The first-order valence-corrected chi connectivity index (χ1v) is 10.5. The average Bonchev–Trinajstić information content (AvgIpc) is 3.15. The standard InChI is InChI=1S/C26H25FN2O3/c1-18-24(22(31)15-26(2,17-30)20-10-4-3-5-11-20)29-14-8-13-23(25(29)28-18)32-16-19-9-6-7-12-21(19)27/h3-14,30H,15-17H2,1-2H3/t26-/m0/s1. The van der Waals surface area contributed by atoms with Gasteiger partial charge in [-0.15, -0.1) is 0 Å². The Labute approximate surface area is 186 Å². The number of halogens is 1. The van der Waals surface area contributed by atoms with E-state index in [1.54, 1.807) is 47.9 Å². The molecule has 0 aliphatic carbocycles. The monoisotopic (exact) mass is 432 g/mol. The molecule has 164 valence electrons. The lowest BCUT2D eigenvalue weighted by Gasteiger charge is -2.27. The molecule has 6 heteroatoms. The van der Waals surface area contributed by atoms with Gasteiger partial charge in [-0.2, -0.15) is 0 Å². The summed E-state index contributed by atoms with van der Waals surface area (Å²) in [7, 11) is 0. The van der Waals surface area contributed by atoms with Gasteiger partial charge in [0.15, 0.2) is 17.2 Å². The molecule has 4 aromatic rings. The topological polar surface area (TPSA) is 63.8 Å². The van der Waals surface area contributed by atoms with Gasteiger partial charge in [-0.1, -0.05) is 55.5 Å². The van der Waals surface area contributed by atoms with Crippen LogP contribution in [0.1, 0.15) is 40.7 Å². The van der Waals surface area contributed by atoms with Crippen LogP contribution in [0.4, 0.5) is 4.39 Å². The van der Waals surface area contributed by atoms with Gasteiger partial charge in [0.2, 0.25) is 0 Å². The molecule has 0 aliphatic heterocycles. The number of benzene rings is 2. The number of aryl methyl sites for hydroxylation is 1. The lowest BCUT2D eigenvalue weighted by atomic mass is 9.78. The Morgan fingerprint density at radius 1 is 1.09 bits per heavy atom. The van der Waals surface area contributed by atoms with Crippen LogP contribution in [0.5, 0.6) is 5.75 Å². The van der Waals surface area contributed by atoms with Crippen LogP contribution in [-0.2, 0) is 12.0 Å². The maximum Gasteiger partial charge on any atom is 0.182 e. The smallest absolute Gasteiger partial charge is 0.182 e. The molecule has 0 unspecified atom stereocenters. The van der Waals surface area contributed by atoms with Crippen molar-refractivity contribution < 1.29 is 19.0 Å². The van der Waals surface area contributed by atoms with Crippen LogP contribution in [0.15, 0.2) is 72.9 Å². The van der Waals surface area contributed by atoms with Crippen LogP contribution < -0.4 is 4.74 Å². The number of aliphatic hydroxyl groups excluding tert-OH is 1. The number of aliphatic hydroxyl groups is 1. The molecule has 2 aromatic carbocycles. The second-order valence-electron chi connectivity index (χ2n) is 8.18. The van der Waals surface area contributed by atoms with E-state index in [-0.39, 0.29) is 31.2 Å². The summed E-state index contributed by atoms with van der Waals surface area (Å²) in [6.07, 6.45) is 1.89. The molecule has 0 bridgehead atoms. The molecule has 0 radical (unpaired) electrons. The zero-order chi connectivity index (χ0) is 22.7. The number of pyridine rings is 1. The van der Waals surface area contributed by atoms with E-state index in [1.165, 1.54) is 6.07 Å². The van der Waals surface area contributed by atoms with Gasteiger partial charge < -0.3 is 9.84 Å². The summed E-state index contributed by atoms with van der Waals surface area (Å²) < 4.78 is 21.5. The highest BCUT2D eigenvalue weighted by molar-refractivity contribution is 5.97. The van der Waals surface area contributed by atoms with Crippen molar-refractivity contribution in [3.63, 3.8) is 0 Å². The Hall–Kier alpha value is -3.51. The molecule has 0 saturated heterocycles. The fourth-order valence-electron chi connectivity index (χ4n) is 3.90. The van der Waals surface area contributed by atoms with Gasteiger partial charge in [-0.3, -0.25) is 9.20 Å². The maximum absolute atomic E-state index is 13.9. The normalized spacial score (nSPS) is 13.1. The average molecular weight is 432 g/mol. The van der Waals surface area contributed by atoms with Crippen LogP contribution in [0.2, 0.25) is 0 Å². The minimum absolute atomic E-state index is 0.0537. The zero-order valence-electron chi connectivity index (χ0n) is 18.1. The van der Waals surface area contributed by atoms with Crippen molar-refractivity contribution in [1.82, 2.24) is 9.38 Å². The predicted molar refractivity (Wildman–Crippen MR) is 120 cm³/mol. The highest BCUT2D eigenvalue weighted by Gasteiger charge is 2.31. The first-order chi connectivity index (χ1) is 15.4. The summed E-state index contributed by atoms with van der Waals surface area (Å²) in [4.78, 5) is 17.9. The molecule has 0 aliphatic rings. The molecule has 1 atom stereocenters. The highest BCUT2D eigenvalue weighted by Crippen LogP contribution is 2.31. The van der Waals surface area contributed by atoms with Crippen LogP contribution >= 0.6 is 0 Å². The van der Waals surface area contributed by atoms with Gasteiger partial charge in [-0.05, 0) is 30.7 Å². The number of rotatable bonds is 8. The van der Waals surface area contributed by atoms with Gasteiger partial charge >= 0.3 is 0 Å². The minimum Gasteiger partial charge on any atom is -0.485 e. The molecule has 1 N–H and O–H groups in total. The van der Waals surface area contributed by atoms with E-state index in [0.29, 0.717) is 28.3 Å². The number of Topliss-reactive ketones (excluding diaryl/α,β-unsaturated/α-hetero) is 1. The molecule has 0 spiro atoms. The summed E-state index contributed by atoms with van der Waals surface area (Å²) in [6, 6.07) is 19.5. The molecular weight excluding hydrogens is 407 g/mol. The van der Waals surface area contributed by atoms with Crippen LogP contribution in [0.25, 0.3) is 5.65 Å². The fourth-order valence-corrected chi connectivity index (χ4v) is 3.90. The Kier molecular flexibility index (Phi) is 6.06. The number of carbonyl (C=O) groups is 1. The SMILES string of the molecule is Cc1nc2c(OCc3ccccc3F)cccn2c1C(=O)C[C@@](C)(CO)c1ccccc1. The molecule has 2 aromatic heterocycles. The fraction of sp³-hybridized carbons (Fsp3) is 0.231. The van der Waals surface area contributed by atoms with Crippen LogP contribution in [0.3, 0.4) is 0 Å². The van der Waals surface area contributed by atoms with Crippen molar-refractivity contribution in [2.75, 3.05) is 6.61 Å². The molecule has 5 nitrogen and oxygen atoms in total. The molecule has 0 saturated carbocycles. The van der Waals surface area contributed by atoms with Gasteiger partial charge in [0.25, 0.3) is 0 Å². The van der Waals surface area contributed by atoms with Crippen LogP contribution in [0, 0.1) is 12.7 Å². The van der Waals surface area contributed by atoms with Gasteiger partial charge in [-0.25, -0.2) is 9.37 Å².